The van der Waals surface area contributed by atoms with Gasteiger partial charge in [0.05, 0.1) is 16.4 Å². The number of rotatable bonds is 10. The SMILES string of the molecule is Cc1ccc(NC(=O)C[C@@H](CCC(=O)O)c2noc(C3CC(CC(C)(C)C)C3)c2C2CC2)c(Cl)c1. The number of carboxylic acids is 1. The van der Waals surface area contributed by atoms with Gasteiger partial charge in [0, 0.05) is 30.2 Å². The maximum atomic E-state index is 13.0. The molecule has 0 aliphatic heterocycles. The molecular weight excluding hydrogens is 464 g/mol. The van der Waals surface area contributed by atoms with Gasteiger partial charge in [-0.05, 0) is 80.4 Å². The largest absolute Gasteiger partial charge is 0.481 e. The third-order valence-electron chi connectivity index (χ3n) is 7.20. The Kier molecular flexibility index (Phi) is 7.60. The lowest BCUT2D eigenvalue weighted by Crippen LogP contribution is -2.26. The summed E-state index contributed by atoms with van der Waals surface area (Å²) in [7, 11) is 0. The molecule has 2 N–H and O–H groups in total. The molecule has 2 fully saturated rings. The molecule has 1 aromatic carbocycles. The standard InChI is InChI=1S/C28H37ClN2O4/c1-16-5-9-22(21(29)11-16)30-23(32)14-19(8-10-24(33)34)26-25(18-6-7-18)27(35-31-26)20-12-17(13-20)15-28(2,3)4/h5,9,11,17-20H,6-8,10,12-15H2,1-4H3,(H,30,32)(H,33,34)/t17?,19-,20?/m1/s1. The molecule has 35 heavy (non-hydrogen) atoms. The Hall–Kier alpha value is -2.34. The highest BCUT2D eigenvalue weighted by atomic mass is 35.5. The number of aryl methyl sites for hydroxylation is 1. The first-order chi connectivity index (χ1) is 16.5. The number of carbonyl (C=O) groups is 2. The first-order valence-electron chi connectivity index (χ1n) is 12.8. The van der Waals surface area contributed by atoms with Crippen LogP contribution in [0, 0.1) is 18.3 Å². The van der Waals surface area contributed by atoms with Crippen molar-refractivity contribution in [2.24, 2.45) is 11.3 Å². The Bertz CT molecular complexity index is 1080. The quantitative estimate of drug-likeness (QED) is 0.354. The average molecular weight is 501 g/mol. The smallest absolute Gasteiger partial charge is 0.303 e. The summed E-state index contributed by atoms with van der Waals surface area (Å²) in [5.41, 5.74) is 3.82. The minimum atomic E-state index is -0.877. The van der Waals surface area contributed by atoms with Crippen molar-refractivity contribution in [2.45, 2.75) is 96.8 Å². The molecule has 0 bridgehead atoms. The zero-order chi connectivity index (χ0) is 25.3. The van der Waals surface area contributed by atoms with Gasteiger partial charge in [0.1, 0.15) is 5.76 Å². The molecule has 0 unspecified atom stereocenters. The number of nitrogens with zero attached hydrogens (tertiary/aromatic N) is 1. The molecule has 4 rings (SSSR count). The van der Waals surface area contributed by atoms with Gasteiger partial charge in [-0.1, -0.05) is 43.6 Å². The van der Waals surface area contributed by atoms with Crippen molar-refractivity contribution in [1.82, 2.24) is 5.16 Å². The second-order valence-electron chi connectivity index (χ2n) is 11.8. The van der Waals surface area contributed by atoms with E-state index in [2.05, 4.69) is 31.2 Å². The molecule has 1 heterocycles. The van der Waals surface area contributed by atoms with Gasteiger partial charge in [0.15, 0.2) is 0 Å². The highest BCUT2D eigenvalue weighted by Crippen LogP contribution is 2.53. The summed E-state index contributed by atoms with van der Waals surface area (Å²) in [4.78, 5) is 24.4. The van der Waals surface area contributed by atoms with E-state index in [1.807, 2.05) is 13.0 Å². The number of carbonyl (C=O) groups excluding carboxylic acids is 1. The van der Waals surface area contributed by atoms with E-state index in [9.17, 15) is 14.7 Å². The van der Waals surface area contributed by atoms with Crippen molar-refractivity contribution in [3.8, 4) is 0 Å². The molecule has 2 aliphatic carbocycles. The Morgan fingerprint density at radius 1 is 1.23 bits per heavy atom. The van der Waals surface area contributed by atoms with Crippen molar-refractivity contribution < 1.29 is 19.2 Å². The fourth-order valence-electron chi connectivity index (χ4n) is 5.46. The maximum absolute atomic E-state index is 13.0. The Labute approximate surface area is 212 Å². The molecule has 190 valence electrons. The van der Waals surface area contributed by atoms with Gasteiger partial charge in [-0.3, -0.25) is 9.59 Å². The normalized spacial score (nSPS) is 20.8. The number of hydrogen-bond donors (Lipinski definition) is 2. The van der Waals surface area contributed by atoms with Gasteiger partial charge in [-0.2, -0.15) is 0 Å². The lowest BCUT2D eigenvalue weighted by molar-refractivity contribution is -0.137. The van der Waals surface area contributed by atoms with Crippen LogP contribution in [0.3, 0.4) is 0 Å². The number of hydrogen-bond acceptors (Lipinski definition) is 4. The molecule has 2 aliphatic rings. The highest BCUT2D eigenvalue weighted by molar-refractivity contribution is 6.33. The van der Waals surface area contributed by atoms with E-state index in [4.69, 9.17) is 16.1 Å². The zero-order valence-corrected chi connectivity index (χ0v) is 22.0. The molecule has 1 aromatic heterocycles. The van der Waals surface area contributed by atoms with E-state index in [1.54, 1.807) is 12.1 Å². The van der Waals surface area contributed by atoms with Gasteiger partial charge in [0.25, 0.3) is 0 Å². The maximum Gasteiger partial charge on any atom is 0.303 e. The van der Waals surface area contributed by atoms with Crippen molar-refractivity contribution in [1.29, 1.82) is 0 Å². The van der Waals surface area contributed by atoms with E-state index < -0.39 is 5.97 Å². The first-order valence-corrected chi connectivity index (χ1v) is 13.1. The van der Waals surface area contributed by atoms with E-state index in [-0.39, 0.29) is 24.7 Å². The van der Waals surface area contributed by atoms with Crippen LogP contribution in [0.4, 0.5) is 5.69 Å². The third-order valence-corrected chi connectivity index (χ3v) is 7.51. The average Bonchev–Trinajstić information content (AvgIpc) is 3.47. The lowest BCUT2D eigenvalue weighted by atomic mass is 9.66. The van der Waals surface area contributed by atoms with E-state index in [0.717, 1.165) is 48.3 Å². The van der Waals surface area contributed by atoms with Crippen LogP contribution in [-0.4, -0.2) is 22.1 Å². The van der Waals surface area contributed by atoms with Crippen molar-refractivity contribution in [3.05, 3.63) is 45.8 Å². The number of aliphatic carboxylic acids is 1. The summed E-state index contributed by atoms with van der Waals surface area (Å²) >= 11 is 6.30. The minimum Gasteiger partial charge on any atom is -0.481 e. The minimum absolute atomic E-state index is 0.0212. The molecule has 0 spiro atoms. The topological polar surface area (TPSA) is 92.4 Å². The first kappa shape index (κ1) is 25.7. The number of nitrogens with one attached hydrogen (secondary N) is 1. The van der Waals surface area contributed by atoms with Crippen LogP contribution in [0.25, 0.3) is 0 Å². The molecule has 1 atom stereocenters. The molecule has 2 aromatic rings. The van der Waals surface area contributed by atoms with E-state index in [0.29, 0.717) is 40.3 Å². The predicted octanol–water partition coefficient (Wildman–Crippen LogP) is 7.42. The van der Waals surface area contributed by atoms with Gasteiger partial charge < -0.3 is 14.9 Å². The van der Waals surface area contributed by atoms with Crippen LogP contribution < -0.4 is 5.32 Å². The summed E-state index contributed by atoms with van der Waals surface area (Å²) in [5, 5.41) is 17.2. The Balaban J connectivity index is 1.51. The van der Waals surface area contributed by atoms with Gasteiger partial charge in [-0.25, -0.2) is 0 Å². The number of benzene rings is 1. The van der Waals surface area contributed by atoms with Gasteiger partial charge in [-0.15, -0.1) is 0 Å². The van der Waals surface area contributed by atoms with Crippen molar-refractivity contribution in [3.63, 3.8) is 0 Å². The summed E-state index contributed by atoms with van der Waals surface area (Å²) in [6, 6.07) is 5.49. The van der Waals surface area contributed by atoms with Gasteiger partial charge >= 0.3 is 5.97 Å². The molecule has 6 nitrogen and oxygen atoms in total. The van der Waals surface area contributed by atoms with Crippen LogP contribution in [-0.2, 0) is 9.59 Å². The molecule has 1 amide bonds. The van der Waals surface area contributed by atoms with Crippen LogP contribution in [0.15, 0.2) is 22.7 Å². The number of carboxylic acid groups (broad SMARTS) is 1. The second-order valence-corrected chi connectivity index (χ2v) is 12.2. The van der Waals surface area contributed by atoms with E-state index >= 15 is 0 Å². The predicted molar refractivity (Wildman–Crippen MR) is 137 cm³/mol. The highest BCUT2D eigenvalue weighted by Gasteiger charge is 2.42. The fourth-order valence-corrected chi connectivity index (χ4v) is 5.74. The van der Waals surface area contributed by atoms with E-state index in [1.165, 1.54) is 6.42 Å². The fraction of sp³-hybridized carbons (Fsp3) is 0.607. The Morgan fingerprint density at radius 3 is 2.54 bits per heavy atom. The van der Waals surface area contributed by atoms with Crippen molar-refractivity contribution in [2.75, 3.05) is 5.32 Å². The van der Waals surface area contributed by atoms with Crippen LogP contribution in [0.5, 0.6) is 0 Å². The number of anilines is 1. The summed E-state index contributed by atoms with van der Waals surface area (Å²) in [6.07, 6.45) is 6.06. The molecule has 2 saturated carbocycles. The number of halogens is 1. The number of aromatic nitrogens is 1. The summed E-state index contributed by atoms with van der Waals surface area (Å²) in [5.74, 6) is 1.08. The second kappa shape index (κ2) is 10.3. The summed E-state index contributed by atoms with van der Waals surface area (Å²) in [6.45, 7) is 8.79. The van der Waals surface area contributed by atoms with Gasteiger partial charge in [0.2, 0.25) is 5.91 Å². The monoisotopic (exact) mass is 500 g/mol. The molecule has 7 heteroatoms. The molecule has 0 radical (unpaired) electrons. The Morgan fingerprint density at radius 2 is 1.94 bits per heavy atom. The van der Waals surface area contributed by atoms with Crippen LogP contribution >= 0.6 is 11.6 Å². The van der Waals surface area contributed by atoms with Crippen molar-refractivity contribution >= 4 is 29.2 Å². The summed E-state index contributed by atoms with van der Waals surface area (Å²) < 4.78 is 5.95. The van der Waals surface area contributed by atoms with Crippen LogP contribution in [0.1, 0.15) is 112 Å². The lowest BCUT2D eigenvalue weighted by Gasteiger charge is -2.38. The number of amides is 1. The molecular formula is C28H37ClN2O4. The zero-order valence-electron chi connectivity index (χ0n) is 21.2. The van der Waals surface area contributed by atoms with Crippen LogP contribution in [0.2, 0.25) is 5.02 Å². The third kappa shape index (κ3) is 6.66. The molecule has 0 saturated heterocycles.